The first-order valence-electron chi connectivity index (χ1n) is 11.5. The van der Waals surface area contributed by atoms with Gasteiger partial charge in [0.05, 0.1) is 42.0 Å². The molecule has 3 N–H and O–H groups in total. The average Bonchev–Trinajstić information content (AvgIpc) is 3.27. The Labute approximate surface area is 200 Å². The number of nitrogens with one attached hydrogen (secondary N) is 1. The molecule has 1 aliphatic carbocycles. The molecule has 2 aromatic rings. The molecule has 0 spiro atoms. The van der Waals surface area contributed by atoms with Crippen molar-refractivity contribution in [2.24, 2.45) is 18.8 Å². The number of sulfonamides is 1. The number of amides is 1. The maximum Gasteiger partial charge on any atom is 0.256 e. The number of benzene rings is 1. The van der Waals surface area contributed by atoms with Gasteiger partial charge in [0.2, 0.25) is 10.0 Å². The smallest absolute Gasteiger partial charge is 0.256 e. The number of hydrazine groups is 2. The monoisotopic (exact) mass is 485 g/mol. The van der Waals surface area contributed by atoms with Crippen LogP contribution in [0, 0.1) is 5.92 Å². The zero-order valence-electron chi connectivity index (χ0n) is 19.9. The third kappa shape index (κ3) is 4.08. The summed E-state index contributed by atoms with van der Waals surface area (Å²) in [7, 11) is -1.72. The number of carbonyl (C=O) groups excluding carboxylic acids is 1. The van der Waals surface area contributed by atoms with Crippen LogP contribution in [0.2, 0.25) is 0 Å². The number of anilines is 1. The second-order valence-corrected chi connectivity index (χ2v) is 11.4. The van der Waals surface area contributed by atoms with E-state index in [4.69, 9.17) is 5.84 Å². The van der Waals surface area contributed by atoms with Crippen LogP contribution in [0.5, 0.6) is 0 Å². The first-order valence-corrected chi connectivity index (χ1v) is 13.4. The molecule has 10 nitrogen and oxygen atoms in total. The van der Waals surface area contributed by atoms with Crippen LogP contribution >= 0.6 is 0 Å². The molecule has 0 radical (unpaired) electrons. The van der Waals surface area contributed by atoms with Crippen molar-refractivity contribution in [2.45, 2.75) is 45.3 Å². The first kappa shape index (κ1) is 22.9. The lowest BCUT2D eigenvalue weighted by Crippen LogP contribution is -2.43. The fourth-order valence-electron chi connectivity index (χ4n) is 5.05. The number of rotatable bonds is 7. The molecule has 1 fully saturated rings. The Morgan fingerprint density at radius 3 is 2.59 bits per heavy atom. The summed E-state index contributed by atoms with van der Waals surface area (Å²) >= 11 is 0. The molecule has 1 saturated carbocycles. The lowest BCUT2D eigenvalue weighted by Gasteiger charge is -2.34. The lowest BCUT2D eigenvalue weighted by molar-refractivity contribution is 0.0266. The summed E-state index contributed by atoms with van der Waals surface area (Å²) in [6.07, 6.45) is 9.12. The summed E-state index contributed by atoms with van der Waals surface area (Å²) in [6, 6.07) is 3.77. The van der Waals surface area contributed by atoms with Gasteiger partial charge in [-0.25, -0.2) is 8.42 Å². The standard InChI is InChI=1S/C23H31N7O3S/c1-14(16-5-6-16)28-13-18-9-17(10-20(22(18)23(28)31)26-34(4,32)33)21-7-8-29(24)30(21)15(2)19-11-25-27(3)12-19/h7,9-12,14-16,26H,5-6,8,13,24H2,1-4H3. The number of aryl methyl sites for hydroxylation is 1. The van der Waals surface area contributed by atoms with Gasteiger partial charge in [-0.15, -0.1) is 0 Å². The van der Waals surface area contributed by atoms with E-state index in [1.165, 1.54) is 0 Å². The highest BCUT2D eigenvalue weighted by molar-refractivity contribution is 7.92. The van der Waals surface area contributed by atoms with E-state index in [1.54, 1.807) is 15.9 Å². The van der Waals surface area contributed by atoms with Gasteiger partial charge in [-0.2, -0.15) is 10.2 Å². The average molecular weight is 486 g/mol. The molecular formula is C23H31N7O3S. The van der Waals surface area contributed by atoms with Crippen molar-refractivity contribution in [2.75, 3.05) is 17.5 Å². The highest BCUT2D eigenvalue weighted by atomic mass is 32.2. The van der Waals surface area contributed by atoms with Crippen molar-refractivity contribution in [1.82, 2.24) is 24.8 Å². The van der Waals surface area contributed by atoms with Gasteiger partial charge in [0.15, 0.2) is 0 Å². The zero-order chi connectivity index (χ0) is 24.4. The second-order valence-electron chi connectivity index (χ2n) is 9.62. The van der Waals surface area contributed by atoms with E-state index >= 15 is 0 Å². The highest BCUT2D eigenvalue weighted by Gasteiger charge is 2.40. The van der Waals surface area contributed by atoms with Crippen LogP contribution in [-0.2, 0) is 23.6 Å². The molecule has 1 amide bonds. The fourth-order valence-corrected chi connectivity index (χ4v) is 5.61. The lowest BCUT2D eigenvalue weighted by atomic mass is 10.0. The van der Waals surface area contributed by atoms with Gasteiger partial charge >= 0.3 is 0 Å². The highest BCUT2D eigenvalue weighted by Crippen LogP contribution is 2.42. The number of fused-ring (bicyclic) bond motifs is 1. The third-order valence-corrected chi connectivity index (χ3v) is 7.58. The van der Waals surface area contributed by atoms with Crippen molar-refractivity contribution in [1.29, 1.82) is 0 Å². The number of hydrogen-bond acceptors (Lipinski definition) is 7. The molecule has 0 bridgehead atoms. The van der Waals surface area contributed by atoms with Gasteiger partial charge < -0.3 is 4.90 Å². The molecule has 1 aromatic heterocycles. The normalized spacial score (nSPS) is 20.5. The van der Waals surface area contributed by atoms with Crippen LogP contribution in [0.1, 0.15) is 59.8 Å². The Morgan fingerprint density at radius 1 is 1.24 bits per heavy atom. The first-order chi connectivity index (χ1) is 16.0. The molecular weight excluding hydrogens is 454 g/mol. The maximum atomic E-state index is 13.4. The van der Waals surface area contributed by atoms with E-state index in [1.807, 2.05) is 48.4 Å². The summed E-state index contributed by atoms with van der Waals surface area (Å²) in [5, 5.41) is 7.89. The Bertz CT molecular complexity index is 1280. The topological polar surface area (TPSA) is 117 Å². The maximum absolute atomic E-state index is 13.4. The van der Waals surface area contributed by atoms with Gasteiger partial charge in [0.1, 0.15) is 0 Å². The predicted molar refractivity (Wildman–Crippen MR) is 129 cm³/mol. The van der Waals surface area contributed by atoms with E-state index in [9.17, 15) is 13.2 Å². The van der Waals surface area contributed by atoms with Crippen molar-refractivity contribution in [3.8, 4) is 0 Å². The molecule has 0 saturated heterocycles. The Balaban J connectivity index is 1.55. The number of hydrogen-bond donors (Lipinski definition) is 2. The molecule has 1 aromatic carbocycles. The molecule has 2 atom stereocenters. The number of aromatic nitrogens is 2. The summed E-state index contributed by atoms with van der Waals surface area (Å²) in [5.74, 6) is 6.73. The summed E-state index contributed by atoms with van der Waals surface area (Å²) < 4.78 is 28.7. The summed E-state index contributed by atoms with van der Waals surface area (Å²) in [6.45, 7) is 5.10. The van der Waals surface area contributed by atoms with E-state index in [-0.39, 0.29) is 18.0 Å². The van der Waals surface area contributed by atoms with Gasteiger partial charge in [0, 0.05) is 37.0 Å². The van der Waals surface area contributed by atoms with Crippen LogP contribution in [0.15, 0.2) is 30.6 Å². The SMILES string of the molecule is CC(C1CC1)N1Cc2cc(C3=CCN(N)N3C(C)c3cnn(C)c3)cc(NS(C)(=O)=O)c2C1=O. The van der Waals surface area contributed by atoms with Crippen LogP contribution < -0.4 is 10.6 Å². The van der Waals surface area contributed by atoms with Crippen LogP contribution in [0.4, 0.5) is 5.69 Å². The number of carbonyl (C=O) groups is 1. The van der Waals surface area contributed by atoms with Crippen molar-refractivity contribution >= 4 is 27.3 Å². The van der Waals surface area contributed by atoms with Gasteiger partial charge in [-0.3, -0.25) is 25.1 Å². The minimum absolute atomic E-state index is 0.0972. The van der Waals surface area contributed by atoms with E-state index < -0.39 is 10.0 Å². The Morgan fingerprint density at radius 2 is 1.97 bits per heavy atom. The molecule has 182 valence electrons. The number of nitrogens with two attached hydrogens (primary N) is 1. The number of nitrogens with zero attached hydrogens (tertiary/aromatic N) is 5. The minimum Gasteiger partial charge on any atom is -0.331 e. The predicted octanol–water partition coefficient (Wildman–Crippen LogP) is 2.05. The second kappa shape index (κ2) is 8.10. The van der Waals surface area contributed by atoms with Crippen LogP contribution in [0.25, 0.3) is 5.70 Å². The third-order valence-electron chi connectivity index (χ3n) is 6.99. The van der Waals surface area contributed by atoms with Crippen molar-refractivity contribution in [3.05, 3.63) is 52.9 Å². The van der Waals surface area contributed by atoms with E-state index in [0.29, 0.717) is 30.3 Å². The molecule has 2 unspecified atom stereocenters. The fraction of sp³-hybridized carbons (Fsp3) is 0.478. The molecule has 5 rings (SSSR count). The molecule has 3 heterocycles. The zero-order valence-corrected chi connectivity index (χ0v) is 20.7. The Kier molecular flexibility index (Phi) is 5.45. The van der Waals surface area contributed by atoms with Crippen molar-refractivity contribution in [3.63, 3.8) is 0 Å². The van der Waals surface area contributed by atoms with Crippen LogP contribution in [-0.4, -0.2) is 58.0 Å². The molecule has 3 aliphatic rings. The molecule has 34 heavy (non-hydrogen) atoms. The van der Waals surface area contributed by atoms with Gasteiger partial charge in [-0.05, 0) is 56.4 Å². The minimum atomic E-state index is -3.58. The Hall–Kier alpha value is -2.89. The van der Waals surface area contributed by atoms with Gasteiger partial charge in [0.25, 0.3) is 5.91 Å². The summed E-state index contributed by atoms with van der Waals surface area (Å²) in [4.78, 5) is 15.2. The largest absolute Gasteiger partial charge is 0.331 e. The summed E-state index contributed by atoms with van der Waals surface area (Å²) in [5.41, 5.74) is 4.25. The molecule has 2 aliphatic heterocycles. The molecule has 11 heteroatoms. The van der Waals surface area contributed by atoms with Crippen molar-refractivity contribution < 1.29 is 13.2 Å². The van der Waals surface area contributed by atoms with E-state index in [2.05, 4.69) is 16.7 Å². The van der Waals surface area contributed by atoms with Crippen LogP contribution in [0.3, 0.4) is 0 Å². The quantitative estimate of drug-likeness (QED) is 0.577. The van der Waals surface area contributed by atoms with Gasteiger partial charge in [-0.1, -0.05) is 0 Å². The van der Waals surface area contributed by atoms with E-state index in [0.717, 1.165) is 41.5 Å².